The number of rotatable bonds is 0. The molecule has 2 N–H and O–H groups in total. The van der Waals surface area contributed by atoms with Crippen molar-refractivity contribution < 1.29 is 19.8 Å². The maximum Gasteiger partial charge on any atom is 0.199 e. The number of carbonyl (C=O) groups is 2. The van der Waals surface area contributed by atoms with Crippen LogP contribution in [0.25, 0.3) is 0 Å². The van der Waals surface area contributed by atoms with Crippen LogP contribution in [0.2, 0.25) is 5.02 Å². The number of phenols is 2. The zero-order chi connectivity index (χ0) is 13.7. The van der Waals surface area contributed by atoms with E-state index in [1.807, 2.05) is 0 Å². The number of hydrogen-bond donors (Lipinski definition) is 2. The molecule has 3 rings (SSSR count). The van der Waals surface area contributed by atoms with E-state index in [1.165, 1.54) is 24.3 Å². The van der Waals surface area contributed by atoms with Gasteiger partial charge in [-0.3, -0.25) is 9.59 Å². The molecular weight excluding hydrogens is 268 g/mol. The number of carbonyl (C=O) groups excluding carboxylic acids is 2. The van der Waals surface area contributed by atoms with Crippen LogP contribution in [-0.4, -0.2) is 21.8 Å². The third kappa shape index (κ3) is 1.47. The van der Waals surface area contributed by atoms with E-state index in [1.54, 1.807) is 6.07 Å². The van der Waals surface area contributed by atoms with Crippen molar-refractivity contribution >= 4 is 23.2 Å². The second-order valence-corrected chi connectivity index (χ2v) is 4.58. The molecule has 0 spiro atoms. The Hall–Kier alpha value is -2.33. The molecule has 0 aliphatic heterocycles. The molecule has 94 valence electrons. The molecule has 2 aromatic carbocycles. The third-order valence-corrected chi connectivity index (χ3v) is 3.42. The molecule has 0 saturated heterocycles. The number of aromatic hydroxyl groups is 2. The van der Waals surface area contributed by atoms with Gasteiger partial charge in [-0.15, -0.1) is 0 Å². The van der Waals surface area contributed by atoms with Crippen molar-refractivity contribution in [3.05, 3.63) is 57.6 Å². The smallest absolute Gasteiger partial charge is 0.199 e. The van der Waals surface area contributed by atoms with Gasteiger partial charge in [-0.25, -0.2) is 0 Å². The van der Waals surface area contributed by atoms with Gasteiger partial charge in [0, 0.05) is 5.56 Å². The molecule has 2 aromatic rings. The van der Waals surface area contributed by atoms with E-state index < -0.39 is 11.6 Å². The number of ketones is 2. The molecule has 1 aliphatic carbocycles. The van der Waals surface area contributed by atoms with Crippen LogP contribution in [0, 0.1) is 0 Å². The lowest BCUT2D eigenvalue weighted by molar-refractivity contribution is 0.0974. The van der Waals surface area contributed by atoms with Crippen molar-refractivity contribution in [2.75, 3.05) is 0 Å². The zero-order valence-electron chi connectivity index (χ0n) is 9.48. The first-order valence-electron chi connectivity index (χ1n) is 5.45. The molecule has 0 atom stereocenters. The van der Waals surface area contributed by atoms with Gasteiger partial charge in [-0.2, -0.15) is 0 Å². The summed E-state index contributed by atoms with van der Waals surface area (Å²) >= 11 is 5.94. The molecule has 0 aromatic heterocycles. The van der Waals surface area contributed by atoms with E-state index in [0.717, 1.165) is 0 Å². The summed E-state index contributed by atoms with van der Waals surface area (Å²) in [7, 11) is 0. The summed E-state index contributed by atoms with van der Waals surface area (Å²) < 4.78 is 0. The molecule has 0 amide bonds. The summed E-state index contributed by atoms with van der Waals surface area (Å²) in [6.07, 6.45) is 0. The third-order valence-electron chi connectivity index (χ3n) is 3.10. The average molecular weight is 275 g/mol. The maximum absolute atomic E-state index is 12.3. The molecule has 1 aliphatic rings. The molecule has 4 nitrogen and oxygen atoms in total. The van der Waals surface area contributed by atoms with E-state index in [0.29, 0.717) is 0 Å². The molecule has 0 radical (unpaired) electrons. The SMILES string of the molecule is O=C1c2cccc(Cl)c2C(=O)c2c(O)ccc(O)c21. The van der Waals surface area contributed by atoms with Crippen molar-refractivity contribution in [2.24, 2.45) is 0 Å². The average Bonchev–Trinajstić information content (AvgIpc) is 2.38. The van der Waals surface area contributed by atoms with Crippen molar-refractivity contribution in [3.8, 4) is 11.5 Å². The van der Waals surface area contributed by atoms with Gasteiger partial charge in [-0.05, 0) is 18.2 Å². The Morgan fingerprint density at radius 1 is 0.789 bits per heavy atom. The van der Waals surface area contributed by atoms with Crippen LogP contribution in [0.4, 0.5) is 0 Å². The predicted octanol–water partition coefficient (Wildman–Crippen LogP) is 2.53. The van der Waals surface area contributed by atoms with Crippen LogP contribution < -0.4 is 0 Å². The van der Waals surface area contributed by atoms with Gasteiger partial charge < -0.3 is 10.2 Å². The van der Waals surface area contributed by atoms with E-state index in [4.69, 9.17) is 11.6 Å². The molecule has 5 heteroatoms. The monoisotopic (exact) mass is 274 g/mol. The fourth-order valence-corrected chi connectivity index (χ4v) is 2.50. The summed E-state index contributed by atoms with van der Waals surface area (Å²) in [5.74, 6) is -1.78. The fraction of sp³-hybridized carbons (Fsp3) is 0. The lowest BCUT2D eigenvalue weighted by Gasteiger charge is -2.19. The highest BCUT2D eigenvalue weighted by Gasteiger charge is 2.35. The first-order chi connectivity index (χ1) is 9.02. The normalized spacial score (nSPS) is 13.1. The highest BCUT2D eigenvalue weighted by Crippen LogP contribution is 2.39. The molecule has 0 fully saturated rings. The van der Waals surface area contributed by atoms with E-state index in [2.05, 4.69) is 0 Å². The number of phenolic OH excluding ortho intramolecular Hbond substituents is 2. The molecule has 0 bridgehead atoms. The second-order valence-electron chi connectivity index (χ2n) is 4.17. The predicted molar refractivity (Wildman–Crippen MR) is 68.1 cm³/mol. The van der Waals surface area contributed by atoms with Crippen LogP contribution in [0.15, 0.2) is 30.3 Å². The minimum atomic E-state index is -0.566. The van der Waals surface area contributed by atoms with E-state index in [9.17, 15) is 19.8 Å². The van der Waals surface area contributed by atoms with Gasteiger partial charge in [0.2, 0.25) is 0 Å². The Bertz CT molecular complexity index is 749. The Kier molecular flexibility index (Phi) is 2.37. The summed E-state index contributed by atoms with van der Waals surface area (Å²) in [4.78, 5) is 24.6. The van der Waals surface area contributed by atoms with Crippen LogP contribution in [0.3, 0.4) is 0 Å². The number of benzene rings is 2. The van der Waals surface area contributed by atoms with Gasteiger partial charge in [0.05, 0.1) is 21.7 Å². The van der Waals surface area contributed by atoms with Crippen LogP contribution in [0.1, 0.15) is 31.8 Å². The molecular formula is C14H7ClO4. The Morgan fingerprint density at radius 2 is 1.37 bits per heavy atom. The number of halogens is 1. The fourth-order valence-electron chi connectivity index (χ4n) is 2.24. The first-order valence-corrected chi connectivity index (χ1v) is 5.83. The van der Waals surface area contributed by atoms with Crippen molar-refractivity contribution in [2.45, 2.75) is 0 Å². The standard InChI is InChI=1S/C14H7ClO4/c15-7-3-1-2-6-10(7)14(19)12-9(17)5-4-8(16)11(12)13(6)18/h1-5,16-17H. The minimum absolute atomic E-state index is 0.0579. The second kappa shape index (κ2) is 3.83. The van der Waals surface area contributed by atoms with Gasteiger partial charge in [0.25, 0.3) is 0 Å². The van der Waals surface area contributed by atoms with Crippen molar-refractivity contribution in [3.63, 3.8) is 0 Å². The highest BCUT2D eigenvalue weighted by atomic mass is 35.5. The van der Waals surface area contributed by atoms with Gasteiger partial charge in [0.15, 0.2) is 11.6 Å². The topological polar surface area (TPSA) is 74.6 Å². The minimum Gasteiger partial charge on any atom is -0.507 e. The molecule has 19 heavy (non-hydrogen) atoms. The summed E-state index contributed by atoms with van der Waals surface area (Å²) in [5, 5.41) is 19.6. The van der Waals surface area contributed by atoms with Crippen LogP contribution >= 0.6 is 11.6 Å². The number of hydrogen-bond acceptors (Lipinski definition) is 4. The highest BCUT2D eigenvalue weighted by molar-refractivity contribution is 6.39. The maximum atomic E-state index is 12.3. The molecule has 0 saturated carbocycles. The quantitative estimate of drug-likeness (QED) is 0.618. The van der Waals surface area contributed by atoms with Crippen LogP contribution in [-0.2, 0) is 0 Å². The van der Waals surface area contributed by atoms with E-state index >= 15 is 0 Å². The largest absolute Gasteiger partial charge is 0.507 e. The molecule has 0 unspecified atom stereocenters. The van der Waals surface area contributed by atoms with Crippen molar-refractivity contribution in [1.29, 1.82) is 0 Å². The van der Waals surface area contributed by atoms with Crippen LogP contribution in [0.5, 0.6) is 11.5 Å². The zero-order valence-corrected chi connectivity index (χ0v) is 10.2. The number of fused-ring (bicyclic) bond motifs is 2. The summed E-state index contributed by atoms with van der Waals surface area (Å²) in [6.45, 7) is 0. The molecule has 0 heterocycles. The van der Waals surface area contributed by atoms with Gasteiger partial charge >= 0.3 is 0 Å². The Labute approximate surface area is 112 Å². The van der Waals surface area contributed by atoms with Crippen molar-refractivity contribution in [1.82, 2.24) is 0 Å². The van der Waals surface area contributed by atoms with Gasteiger partial charge in [0.1, 0.15) is 11.5 Å². The van der Waals surface area contributed by atoms with E-state index in [-0.39, 0.29) is 38.8 Å². The summed E-state index contributed by atoms with van der Waals surface area (Å²) in [6, 6.07) is 6.86. The Morgan fingerprint density at radius 3 is 2.00 bits per heavy atom. The lowest BCUT2D eigenvalue weighted by Crippen LogP contribution is -2.21. The first kappa shape index (κ1) is 11.7. The van der Waals surface area contributed by atoms with Gasteiger partial charge in [-0.1, -0.05) is 23.7 Å². The lowest BCUT2D eigenvalue weighted by atomic mass is 9.83. The Balaban J connectivity index is 2.43. The summed E-state index contributed by atoms with van der Waals surface area (Å²) in [5.41, 5.74) is -0.196.